The highest BCUT2D eigenvalue weighted by Gasteiger charge is 2.26. The average Bonchev–Trinajstić information content (AvgIpc) is 2.68. The quantitative estimate of drug-likeness (QED) is 0.759. The number of hydrogen-bond donors (Lipinski definition) is 2. The number of carbonyl (C=O) groups excluding carboxylic acids is 1. The number of primary amides is 1. The van der Waals surface area contributed by atoms with Crippen LogP contribution in [-0.4, -0.2) is 30.1 Å². The van der Waals surface area contributed by atoms with Gasteiger partial charge in [-0.25, -0.2) is 4.79 Å². The summed E-state index contributed by atoms with van der Waals surface area (Å²) in [5.41, 5.74) is 8.79. The van der Waals surface area contributed by atoms with E-state index in [9.17, 15) is 9.59 Å². The lowest BCUT2D eigenvalue weighted by Crippen LogP contribution is -2.30. The zero-order valence-electron chi connectivity index (χ0n) is 15.5. The second-order valence-electron chi connectivity index (χ2n) is 7.00. The first kappa shape index (κ1) is 20.0. The number of benzene rings is 2. The van der Waals surface area contributed by atoms with E-state index in [1.165, 1.54) is 18.6 Å². The predicted octanol–water partition coefficient (Wildman–Crippen LogP) is 4.31. The van der Waals surface area contributed by atoms with Crippen molar-refractivity contribution in [1.29, 1.82) is 0 Å². The molecule has 1 saturated heterocycles. The van der Waals surface area contributed by atoms with Gasteiger partial charge >= 0.3 is 5.97 Å². The Hall–Kier alpha value is -2.79. The van der Waals surface area contributed by atoms with E-state index in [0.29, 0.717) is 16.2 Å². The Kier molecular flexibility index (Phi) is 6.05. The van der Waals surface area contributed by atoms with E-state index in [1.54, 1.807) is 12.1 Å². The van der Waals surface area contributed by atoms with E-state index in [-0.39, 0.29) is 5.56 Å². The van der Waals surface area contributed by atoms with Crippen LogP contribution in [0.1, 0.15) is 46.7 Å². The number of piperidine rings is 1. The summed E-state index contributed by atoms with van der Waals surface area (Å²) < 4.78 is 0. The molecule has 1 atom stereocenters. The lowest BCUT2D eigenvalue weighted by atomic mass is 9.85. The fourth-order valence-corrected chi connectivity index (χ4v) is 3.86. The third-order valence-corrected chi connectivity index (χ3v) is 5.36. The zero-order valence-corrected chi connectivity index (χ0v) is 16.3. The molecule has 3 rings (SSSR count). The van der Waals surface area contributed by atoms with Gasteiger partial charge in [-0.1, -0.05) is 30.3 Å². The number of carboxylic acids is 1. The maximum atomic E-state index is 12.3. The molecule has 1 amide bonds. The number of anilines is 1. The van der Waals surface area contributed by atoms with Gasteiger partial charge in [0.2, 0.25) is 5.91 Å². The molecule has 1 aliphatic heterocycles. The minimum absolute atomic E-state index is 0.148. The van der Waals surface area contributed by atoms with Gasteiger partial charge in [-0.3, -0.25) is 4.79 Å². The van der Waals surface area contributed by atoms with Crippen LogP contribution in [0.4, 0.5) is 5.69 Å². The summed E-state index contributed by atoms with van der Waals surface area (Å²) in [6.45, 7) is 6.06. The number of carboxylic acid groups (broad SMARTS) is 1. The van der Waals surface area contributed by atoms with Crippen LogP contribution in [0.25, 0.3) is 5.57 Å². The van der Waals surface area contributed by atoms with Crippen LogP contribution < -0.4 is 10.6 Å². The van der Waals surface area contributed by atoms with Crippen LogP contribution in [0.2, 0.25) is 5.02 Å². The Morgan fingerprint density at radius 1 is 1.07 bits per heavy atom. The highest BCUT2D eigenvalue weighted by Crippen LogP contribution is 2.38. The van der Waals surface area contributed by atoms with Crippen LogP contribution in [0.5, 0.6) is 0 Å². The van der Waals surface area contributed by atoms with Crippen LogP contribution in [0, 0.1) is 0 Å². The van der Waals surface area contributed by atoms with E-state index >= 15 is 0 Å². The summed E-state index contributed by atoms with van der Waals surface area (Å²) in [6.07, 6.45) is 3.44. The SMILES string of the molecule is C=C(c1cc(Cl)ccc1N1CCCCC1)C(C(N)=O)c1ccc(C(=O)O)cc1. The number of nitrogens with zero attached hydrogens (tertiary/aromatic N) is 1. The highest BCUT2D eigenvalue weighted by atomic mass is 35.5. The van der Waals surface area contributed by atoms with Gasteiger partial charge in [0.05, 0.1) is 11.5 Å². The smallest absolute Gasteiger partial charge is 0.335 e. The van der Waals surface area contributed by atoms with Crippen molar-refractivity contribution in [2.75, 3.05) is 18.0 Å². The molecule has 0 bridgehead atoms. The Labute approximate surface area is 169 Å². The molecule has 0 saturated carbocycles. The van der Waals surface area contributed by atoms with Crippen LogP contribution >= 0.6 is 11.6 Å². The summed E-state index contributed by atoms with van der Waals surface area (Å²) in [5.74, 6) is -2.34. The molecule has 1 fully saturated rings. The number of rotatable bonds is 6. The molecule has 28 heavy (non-hydrogen) atoms. The molecule has 3 N–H and O–H groups in total. The third kappa shape index (κ3) is 4.20. The van der Waals surface area contributed by atoms with Crippen molar-refractivity contribution < 1.29 is 14.7 Å². The van der Waals surface area contributed by atoms with Crippen LogP contribution in [0.3, 0.4) is 0 Å². The van der Waals surface area contributed by atoms with Gasteiger partial charge in [-0.15, -0.1) is 0 Å². The minimum Gasteiger partial charge on any atom is -0.478 e. The molecule has 0 aliphatic carbocycles. The van der Waals surface area contributed by atoms with Gasteiger partial charge in [0.25, 0.3) is 0 Å². The van der Waals surface area contributed by atoms with Gasteiger partial charge in [0.15, 0.2) is 0 Å². The highest BCUT2D eigenvalue weighted by molar-refractivity contribution is 6.31. The lowest BCUT2D eigenvalue weighted by molar-refractivity contribution is -0.118. The largest absolute Gasteiger partial charge is 0.478 e. The number of hydrogen-bond acceptors (Lipinski definition) is 3. The monoisotopic (exact) mass is 398 g/mol. The summed E-state index contributed by atoms with van der Waals surface area (Å²) >= 11 is 6.24. The van der Waals surface area contributed by atoms with Gasteiger partial charge < -0.3 is 15.7 Å². The number of amides is 1. The second kappa shape index (κ2) is 8.48. The van der Waals surface area contributed by atoms with E-state index in [1.807, 2.05) is 18.2 Å². The normalized spacial score (nSPS) is 15.1. The van der Waals surface area contributed by atoms with Gasteiger partial charge in [-0.2, -0.15) is 0 Å². The summed E-state index contributed by atoms with van der Waals surface area (Å²) in [5, 5.41) is 9.65. The van der Waals surface area contributed by atoms with E-state index in [2.05, 4.69) is 11.5 Å². The Morgan fingerprint density at radius 2 is 1.71 bits per heavy atom. The second-order valence-corrected chi connectivity index (χ2v) is 7.43. The maximum absolute atomic E-state index is 12.3. The predicted molar refractivity (Wildman–Crippen MR) is 112 cm³/mol. The molecule has 2 aromatic rings. The Morgan fingerprint density at radius 3 is 2.29 bits per heavy atom. The van der Waals surface area contributed by atoms with Crippen molar-refractivity contribution in [3.8, 4) is 0 Å². The van der Waals surface area contributed by atoms with Crippen LogP contribution in [-0.2, 0) is 4.79 Å². The van der Waals surface area contributed by atoms with Crippen molar-refractivity contribution in [3.05, 3.63) is 70.8 Å². The number of nitrogens with two attached hydrogens (primary N) is 1. The molecule has 2 aromatic carbocycles. The first-order chi connectivity index (χ1) is 13.4. The number of halogens is 1. The summed E-state index contributed by atoms with van der Waals surface area (Å²) in [7, 11) is 0. The van der Waals surface area contributed by atoms with Gasteiger partial charge in [0.1, 0.15) is 0 Å². The molecule has 146 valence electrons. The third-order valence-electron chi connectivity index (χ3n) is 5.13. The fraction of sp³-hybridized carbons (Fsp3) is 0.273. The summed E-state index contributed by atoms with van der Waals surface area (Å²) in [4.78, 5) is 25.7. The van der Waals surface area contributed by atoms with Crippen molar-refractivity contribution in [3.63, 3.8) is 0 Å². The summed E-state index contributed by atoms with van der Waals surface area (Å²) in [6, 6.07) is 11.7. The standard InChI is InChI=1S/C22H23ClN2O3/c1-14(20(21(24)26)15-5-7-16(8-6-15)22(27)28)18-13-17(23)9-10-19(18)25-11-3-2-4-12-25/h5-10,13,20H,1-4,11-12H2,(H2,24,26)(H,27,28). The zero-order chi connectivity index (χ0) is 20.3. The molecule has 5 nitrogen and oxygen atoms in total. The van der Waals surface area contributed by atoms with E-state index in [4.69, 9.17) is 22.4 Å². The topological polar surface area (TPSA) is 83.6 Å². The molecule has 0 spiro atoms. The van der Waals surface area contributed by atoms with Crippen molar-refractivity contribution in [2.24, 2.45) is 5.73 Å². The van der Waals surface area contributed by atoms with Gasteiger partial charge in [0, 0.05) is 29.4 Å². The number of aromatic carboxylic acids is 1. The van der Waals surface area contributed by atoms with Crippen molar-refractivity contribution in [2.45, 2.75) is 25.2 Å². The fourth-order valence-electron chi connectivity index (χ4n) is 3.69. The molecule has 1 unspecified atom stereocenters. The first-order valence-corrected chi connectivity index (χ1v) is 9.62. The molecule has 0 radical (unpaired) electrons. The lowest BCUT2D eigenvalue weighted by Gasteiger charge is -2.32. The van der Waals surface area contributed by atoms with Crippen molar-refractivity contribution >= 4 is 34.7 Å². The van der Waals surface area contributed by atoms with Crippen molar-refractivity contribution in [1.82, 2.24) is 0 Å². The molecular weight excluding hydrogens is 376 g/mol. The molecule has 6 heteroatoms. The first-order valence-electron chi connectivity index (χ1n) is 9.24. The van der Waals surface area contributed by atoms with Crippen LogP contribution in [0.15, 0.2) is 49.0 Å². The van der Waals surface area contributed by atoms with Gasteiger partial charge in [-0.05, 0) is 60.7 Å². The minimum atomic E-state index is -1.02. The Balaban J connectivity index is 2.01. The number of carbonyl (C=O) groups is 2. The van der Waals surface area contributed by atoms with E-state index in [0.717, 1.165) is 37.2 Å². The average molecular weight is 399 g/mol. The molecule has 0 aromatic heterocycles. The molecule has 1 heterocycles. The Bertz CT molecular complexity index is 902. The molecule has 1 aliphatic rings. The maximum Gasteiger partial charge on any atom is 0.335 e. The molecular formula is C22H23ClN2O3. The van der Waals surface area contributed by atoms with E-state index < -0.39 is 17.8 Å².